The summed E-state index contributed by atoms with van der Waals surface area (Å²) in [7, 11) is 0. The minimum atomic E-state index is -0.554. The van der Waals surface area contributed by atoms with Crippen LogP contribution < -0.4 is 15.6 Å². The Balaban J connectivity index is 1.61. The first-order valence-electron chi connectivity index (χ1n) is 9.34. The van der Waals surface area contributed by atoms with Gasteiger partial charge in [0.05, 0.1) is 5.56 Å². The lowest BCUT2D eigenvalue weighted by molar-refractivity contribution is -0.117. The molecule has 0 aromatic heterocycles. The maximum absolute atomic E-state index is 12.4. The molecule has 0 aliphatic rings. The van der Waals surface area contributed by atoms with E-state index in [1.807, 2.05) is 13.0 Å². The van der Waals surface area contributed by atoms with Crippen molar-refractivity contribution in [2.75, 3.05) is 0 Å². The van der Waals surface area contributed by atoms with Crippen LogP contribution >= 0.6 is 11.6 Å². The highest BCUT2D eigenvalue weighted by Gasteiger charge is 2.11. The molecule has 7 heteroatoms. The third kappa shape index (κ3) is 6.29. The number of nitrogens with one attached hydrogen (secondary N) is 2. The topological polar surface area (TPSA) is 84.5 Å². The Morgan fingerprint density at radius 1 is 0.871 bits per heavy atom. The summed E-state index contributed by atoms with van der Waals surface area (Å²) in [5.41, 5.74) is 6.86. The lowest BCUT2D eigenvalue weighted by Crippen LogP contribution is -2.40. The second-order valence-corrected chi connectivity index (χ2v) is 7.02. The van der Waals surface area contributed by atoms with Crippen LogP contribution in [-0.2, 0) is 4.79 Å². The predicted molar refractivity (Wildman–Crippen MR) is 119 cm³/mol. The van der Waals surface area contributed by atoms with E-state index in [9.17, 15) is 14.4 Å². The van der Waals surface area contributed by atoms with Crippen LogP contribution in [0, 0.1) is 6.92 Å². The van der Waals surface area contributed by atoms with E-state index in [0.29, 0.717) is 27.5 Å². The van der Waals surface area contributed by atoms with Crippen LogP contribution in [-0.4, -0.2) is 17.8 Å². The quantitative estimate of drug-likeness (QED) is 0.271. The van der Waals surface area contributed by atoms with Gasteiger partial charge >= 0.3 is 5.97 Å². The lowest BCUT2D eigenvalue weighted by Gasteiger charge is -2.08. The number of carbonyl (C=O) groups is 3. The maximum atomic E-state index is 12.4. The van der Waals surface area contributed by atoms with Gasteiger partial charge in [-0.25, -0.2) is 4.79 Å². The van der Waals surface area contributed by atoms with Gasteiger partial charge in [-0.1, -0.05) is 47.5 Å². The van der Waals surface area contributed by atoms with Crippen LogP contribution in [0.1, 0.15) is 31.8 Å². The minimum Gasteiger partial charge on any atom is -0.422 e. The molecule has 3 aromatic carbocycles. The van der Waals surface area contributed by atoms with E-state index in [0.717, 1.165) is 5.56 Å². The molecule has 2 amide bonds. The Morgan fingerprint density at radius 3 is 2.35 bits per heavy atom. The van der Waals surface area contributed by atoms with Gasteiger partial charge in [0.2, 0.25) is 0 Å². The number of para-hydroxylation sites is 1. The van der Waals surface area contributed by atoms with Crippen LogP contribution in [0.3, 0.4) is 0 Å². The fraction of sp³-hybridized carbons (Fsp3) is 0.0417. The molecule has 0 bridgehead atoms. The Kier molecular flexibility index (Phi) is 7.19. The zero-order valence-corrected chi connectivity index (χ0v) is 17.3. The highest BCUT2D eigenvalue weighted by molar-refractivity contribution is 6.30. The first-order valence-corrected chi connectivity index (χ1v) is 9.72. The number of amides is 2. The number of benzene rings is 3. The van der Waals surface area contributed by atoms with Gasteiger partial charge in [-0.2, -0.15) is 0 Å². The van der Waals surface area contributed by atoms with Crippen molar-refractivity contribution in [2.24, 2.45) is 0 Å². The molecular formula is C24H19ClN2O4. The van der Waals surface area contributed by atoms with Crippen molar-refractivity contribution in [3.05, 3.63) is 106 Å². The van der Waals surface area contributed by atoms with Crippen molar-refractivity contribution in [2.45, 2.75) is 6.92 Å². The van der Waals surface area contributed by atoms with E-state index in [4.69, 9.17) is 16.3 Å². The normalized spacial score (nSPS) is 10.5. The molecule has 0 unspecified atom stereocenters. The van der Waals surface area contributed by atoms with Crippen molar-refractivity contribution >= 4 is 35.5 Å². The molecule has 3 rings (SSSR count). The van der Waals surface area contributed by atoms with Gasteiger partial charge in [0.25, 0.3) is 11.8 Å². The Labute approximate surface area is 184 Å². The summed E-state index contributed by atoms with van der Waals surface area (Å²) in [4.78, 5) is 36.5. The summed E-state index contributed by atoms with van der Waals surface area (Å²) in [6.07, 6.45) is 2.71. The van der Waals surface area contributed by atoms with Crippen molar-refractivity contribution in [3.8, 4) is 5.75 Å². The molecule has 0 fully saturated rings. The van der Waals surface area contributed by atoms with Crippen LogP contribution in [0.25, 0.3) is 6.08 Å². The van der Waals surface area contributed by atoms with Crippen molar-refractivity contribution in [3.63, 3.8) is 0 Å². The molecule has 0 saturated carbocycles. The number of carbonyl (C=O) groups excluding carboxylic acids is 3. The Bertz CT molecular complexity index is 1140. The van der Waals surface area contributed by atoms with Crippen molar-refractivity contribution < 1.29 is 19.1 Å². The molecule has 0 saturated heterocycles. The van der Waals surface area contributed by atoms with E-state index >= 15 is 0 Å². The van der Waals surface area contributed by atoms with Crippen LogP contribution in [0.2, 0.25) is 5.02 Å². The summed E-state index contributed by atoms with van der Waals surface area (Å²) in [6, 6.07) is 20.1. The van der Waals surface area contributed by atoms with Crippen LogP contribution in [0.15, 0.2) is 78.9 Å². The zero-order valence-electron chi connectivity index (χ0n) is 16.6. The maximum Gasteiger partial charge on any atom is 0.343 e. The number of halogens is 1. The molecule has 2 N–H and O–H groups in total. The number of hydrogen-bond acceptors (Lipinski definition) is 4. The monoisotopic (exact) mass is 434 g/mol. The molecule has 0 aliphatic heterocycles. The van der Waals surface area contributed by atoms with Gasteiger partial charge in [-0.05, 0) is 55.5 Å². The van der Waals surface area contributed by atoms with E-state index in [2.05, 4.69) is 10.9 Å². The van der Waals surface area contributed by atoms with E-state index in [1.54, 1.807) is 66.7 Å². The smallest absolute Gasteiger partial charge is 0.343 e. The predicted octanol–water partition coefficient (Wildman–Crippen LogP) is 4.34. The van der Waals surface area contributed by atoms with E-state index in [-0.39, 0.29) is 0 Å². The second kappa shape index (κ2) is 10.2. The average Bonchev–Trinajstić information content (AvgIpc) is 2.77. The van der Waals surface area contributed by atoms with Crippen molar-refractivity contribution in [1.82, 2.24) is 10.9 Å². The van der Waals surface area contributed by atoms with Gasteiger partial charge in [0.15, 0.2) is 0 Å². The first kappa shape index (κ1) is 21.8. The summed E-state index contributed by atoms with van der Waals surface area (Å²) in [5, 5.41) is 0.505. The van der Waals surface area contributed by atoms with Crippen LogP contribution in [0.4, 0.5) is 0 Å². The Hall–Kier alpha value is -3.90. The first-order chi connectivity index (χ1) is 14.9. The highest BCUT2D eigenvalue weighted by atomic mass is 35.5. The number of esters is 1. The zero-order chi connectivity index (χ0) is 22.2. The van der Waals surface area contributed by atoms with Gasteiger partial charge in [-0.15, -0.1) is 0 Å². The third-order valence-corrected chi connectivity index (χ3v) is 4.45. The SMILES string of the molecule is Cc1cccc(C(=O)Oc2ccccc2/C=C/C(=O)NNC(=O)c2ccc(Cl)cc2)c1. The number of hydrogen-bond donors (Lipinski definition) is 2. The summed E-state index contributed by atoms with van der Waals surface area (Å²) >= 11 is 5.79. The minimum absolute atomic E-state index is 0.309. The number of hydrazine groups is 1. The van der Waals surface area contributed by atoms with Crippen molar-refractivity contribution in [1.29, 1.82) is 0 Å². The average molecular weight is 435 g/mol. The fourth-order valence-corrected chi connectivity index (χ4v) is 2.77. The summed E-state index contributed by atoms with van der Waals surface area (Å²) < 4.78 is 5.48. The number of aryl methyl sites for hydroxylation is 1. The van der Waals surface area contributed by atoms with Crippen LogP contribution in [0.5, 0.6) is 5.75 Å². The van der Waals surface area contributed by atoms with E-state index in [1.165, 1.54) is 12.2 Å². The molecule has 3 aromatic rings. The number of ether oxygens (including phenoxy) is 1. The largest absolute Gasteiger partial charge is 0.422 e. The second-order valence-electron chi connectivity index (χ2n) is 6.58. The molecule has 0 spiro atoms. The summed E-state index contributed by atoms with van der Waals surface area (Å²) in [6.45, 7) is 1.89. The number of rotatable bonds is 5. The standard InChI is InChI=1S/C24H19ClN2O4/c1-16-5-4-7-19(15-16)24(30)31-21-8-3-2-6-17(21)11-14-22(28)26-27-23(29)18-9-12-20(25)13-10-18/h2-15H,1H3,(H,26,28)(H,27,29)/b14-11+. The van der Waals surface area contributed by atoms with Gasteiger partial charge < -0.3 is 4.74 Å². The Morgan fingerprint density at radius 2 is 1.61 bits per heavy atom. The highest BCUT2D eigenvalue weighted by Crippen LogP contribution is 2.21. The molecule has 6 nitrogen and oxygen atoms in total. The third-order valence-electron chi connectivity index (χ3n) is 4.20. The molecule has 31 heavy (non-hydrogen) atoms. The molecular weight excluding hydrogens is 416 g/mol. The molecule has 0 atom stereocenters. The molecule has 0 radical (unpaired) electrons. The molecule has 0 heterocycles. The molecule has 156 valence electrons. The lowest BCUT2D eigenvalue weighted by atomic mass is 10.1. The van der Waals surface area contributed by atoms with Gasteiger partial charge in [0.1, 0.15) is 5.75 Å². The van der Waals surface area contributed by atoms with E-state index < -0.39 is 17.8 Å². The van der Waals surface area contributed by atoms with Gasteiger partial charge in [-0.3, -0.25) is 20.4 Å². The summed E-state index contributed by atoms with van der Waals surface area (Å²) in [5.74, 6) is -1.22. The van der Waals surface area contributed by atoms with Gasteiger partial charge in [0, 0.05) is 22.2 Å². The molecule has 0 aliphatic carbocycles. The fourth-order valence-electron chi connectivity index (χ4n) is 2.64.